The topological polar surface area (TPSA) is 66.5 Å². The number of aryl methyl sites for hydroxylation is 2. The third-order valence-electron chi connectivity index (χ3n) is 5.11. The SMILES string of the molecule is Cc1ccc(NC(=O)CN(CCc2ccccc2)S(=O)(=O)c2cc(Cl)ccc2Cl)cc1C. The number of hydrogen-bond acceptors (Lipinski definition) is 3. The van der Waals surface area contributed by atoms with Gasteiger partial charge in [-0.2, -0.15) is 4.31 Å². The van der Waals surface area contributed by atoms with E-state index >= 15 is 0 Å². The maximum atomic E-state index is 13.4. The minimum Gasteiger partial charge on any atom is -0.325 e. The van der Waals surface area contributed by atoms with Gasteiger partial charge in [-0.15, -0.1) is 0 Å². The molecule has 3 rings (SSSR count). The summed E-state index contributed by atoms with van der Waals surface area (Å²) in [6, 6.07) is 19.3. The quantitative estimate of drug-likeness (QED) is 0.454. The van der Waals surface area contributed by atoms with Gasteiger partial charge in [0.25, 0.3) is 0 Å². The van der Waals surface area contributed by atoms with Crippen molar-refractivity contribution in [3.8, 4) is 0 Å². The molecule has 0 unspecified atom stereocenters. The first-order chi connectivity index (χ1) is 15.2. The number of carbonyl (C=O) groups excluding carboxylic acids is 1. The lowest BCUT2D eigenvalue weighted by Gasteiger charge is -2.23. The molecule has 1 N–H and O–H groups in total. The molecule has 1 amide bonds. The second kappa shape index (κ2) is 10.5. The maximum Gasteiger partial charge on any atom is 0.245 e. The third kappa shape index (κ3) is 6.11. The maximum absolute atomic E-state index is 13.4. The lowest BCUT2D eigenvalue weighted by Crippen LogP contribution is -2.39. The predicted molar refractivity (Wildman–Crippen MR) is 130 cm³/mol. The minimum absolute atomic E-state index is 0.0497. The van der Waals surface area contributed by atoms with Crippen LogP contribution in [0, 0.1) is 13.8 Å². The zero-order valence-electron chi connectivity index (χ0n) is 17.8. The van der Waals surface area contributed by atoms with Gasteiger partial charge in [-0.1, -0.05) is 59.6 Å². The zero-order valence-corrected chi connectivity index (χ0v) is 20.1. The largest absolute Gasteiger partial charge is 0.325 e. The van der Waals surface area contributed by atoms with Crippen molar-refractivity contribution >= 4 is 44.8 Å². The number of benzene rings is 3. The van der Waals surface area contributed by atoms with Gasteiger partial charge in [0.05, 0.1) is 11.6 Å². The number of nitrogens with zero attached hydrogens (tertiary/aromatic N) is 1. The monoisotopic (exact) mass is 490 g/mol. The smallest absolute Gasteiger partial charge is 0.245 e. The van der Waals surface area contributed by atoms with Gasteiger partial charge in [-0.3, -0.25) is 4.79 Å². The highest BCUT2D eigenvalue weighted by Gasteiger charge is 2.29. The van der Waals surface area contributed by atoms with Gasteiger partial charge in [0.15, 0.2) is 0 Å². The van der Waals surface area contributed by atoms with Crippen LogP contribution in [0.5, 0.6) is 0 Å². The molecular formula is C24H24Cl2N2O3S. The fourth-order valence-electron chi connectivity index (χ4n) is 3.18. The lowest BCUT2D eigenvalue weighted by molar-refractivity contribution is -0.116. The summed E-state index contributed by atoms with van der Waals surface area (Å²) in [7, 11) is -4.07. The van der Waals surface area contributed by atoms with E-state index < -0.39 is 15.9 Å². The Morgan fingerprint density at radius 2 is 1.66 bits per heavy atom. The Hall–Kier alpha value is -2.38. The molecule has 0 radical (unpaired) electrons. The van der Waals surface area contributed by atoms with Crippen LogP contribution in [0.25, 0.3) is 0 Å². The molecule has 0 heterocycles. The standard InChI is InChI=1S/C24H24Cl2N2O3S/c1-17-8-10-21(14-18(17)2)27-24(29)16-28(13-12-19-6-4-3-5-7-19)32(30,31)23-15-20(25)9-11-22(23)26/h3-11,14-15H,12-13,16H2,1-2H3,(H,27,29). The highest BCUT2D eigenvalue weighted by atomic mass is 35.5. The fraction of sp³-hybridized carbons (Fsp3) is 0.208. The van der Waals surface area contributed by atoms with E-state index in [1.807, 2.05) is 56.3 Å². The third-order valence-corrected chi connectivity index (χ3v) is 7.68. The number of amides is 1. The Morgan fingerprint density at radius 3 is 2.34 bits per heavy atom. The number of carbonyl (C=O) groups is 1. The van der Waals surface area contributed by atoms with Gasteiger partial charge >= 0.3 is 0 Å². The first kappa shape index (κ1) is 24.3. The van der Waals surface area contributed by atoms with E-state index in [0.29, 0.717) is 12.1 Å². The van der Waals surface area contributed by atoms with Crippen LogP contribution < -0.4 is 5.32 Å². The molecule has 0 aromatic heterocycles. The average Bonchev–Trinajstić information content (AvgIpc) is 2.76. The van der Waals surface area contributed by atoms with Crippen molar-refractivity contribution in [2.24, 2.45) is 0 Å². The van der Waals surface area contributed by atoms with Crippen LogP contribution in [-0.2, 0) is 21.2 Å². The molecule has 0 saturated carbocycles. The number of hydrogen-bond donors (Lipinski definition) is 1. The summed E-state index contributed by atoms with van der Waals surface area (Å²) in [6.07, 6.45) is 0.440. The highest BCUT2D eigenvalue weighted by Crippen LogP contribution is 2.28. The molecule has 0 spiro atoms. The van der Waals surface area contributed by atoms with Gasteiger partial charge < -0.3 is 5.32 Å². The van der Waals surface area contributed by atoms with Gasteiger partial charge in [0, 0.05) is 17.3 Å². The van der Waals surface area contributed by atoms with Crippen molar-refractivity contribution in [1.82, 2.24) is 4.31 Å². The number of rotatable bonds is 8. The van der Waals surface area contributed by atoms with E-state index in [0.717, 1.165) is 21.0 Å². The van der Waals surface area contributed by atoms with Crippen molar-refractivity contribution in [2.75, 3.05) is 18.4 Å². The summed E-state index contributed by atoms with van der Waals surface area (Å²) < 4.78 is 28.0. The van der Waals surface area contributed by atoms with Gasteiger partial charge in [-0.05, 0) is 67.3 Å². The second-order valence-corrected chi connectivity index (χ2v) is 10.2. The number of nitrogens with one attached hydrogen (secondary N) is 1. The van der Waals surface area contributed by atoms with Crippen molar-refractivity contribution in [2.45, 2.75) is 25.2 Å². The molecule has 0 saturated heterocycles. The zero-order chi connectivity index (χ0) is 23.3. The van der Waals surface area contributed by atoms with Gasteiger partial charge in [0.2, 0.25) is 15.9 Å². The van der Waals surface area contributed by atoms with E-state index in [1.165, 1.54) is 18.2 Å². The molecule has 0 atom stereocenters. The molecule has 3 aromatic rings. The highest BCUT2D eigenvalue weighted by molar-refractivity contribution is 7.89. The van der Waals surface area contributed by atoms with Crippen molar-refractivity contribution in [1.29, 1.82) is 0 Å². The van der Waals surface area contributed by atoms with E-state index in [2.05, 4.69) is 5.32 Å². The molecule has 8 heteroatoms. The second-order valence-electron chi connectivity index (χ2n) is 7.50. The van der Waals surface area contributed by atoms with Crippen LogP contribution >= 0.6 is 23.2 Å². The Kier molecular flexibility index (Phi) is 7.96. The number of halogens is 2. The molecule has 0 aliphatic heterocycles. The summed E-state index contributed by atoms with van der Waals surface area (Å²) >= 11 is 12.2. The van der Waals surface area contributed by atoms with Crippen LogP contribution in [0.4, 0.5) is 5.69 Å². The number of anilines is 1. The minimum atomic E-state index is -4.07. The predicted octanol–water partition coefficient (Wildman–Crippen LogP) is 5.48. The Bertz CT molecular complexity index is 1220. The van der Waals surface area contributed by atoms with Crippen molar-refractivity contribution in [3.63, 3.8) is 0 Å². The normalized spacial score (nSPS) is 11.5. The van der Waals surface area contributed by atoms with Gasteiger partial charge in [0.1, 0.15) is 4.90 Å². The van der Waals surface area contributed by atoms with Crippen molar-refractivity contribution < 1.29 is 13.2 Å². The Labute approximate surface area is 199 Å². The van der Waals surface area contributed by atoms with Crippen LogP contribution in [-0.4, -0.2) is 31.7 Å². The summed E-state index contributed by atoms with van der Waals surface area (Å²) in [5.41, 5.74) is 3.70. The molecule has 0 bridgehead atoms. The molecule has 3 aromatic carbocycles. The van der Waals surface area contributed by atoms with Crippen LogP contribution in [0.2, 0.25) is 10.0 Å². The molecular weight excluding hydrogens is 467 g/mol. The first-order valence-corrected chi connectivity index (χ1v) is 12.2. The molecule has 168 valence electrons. The molecule has 5 nitrogen and oxygen atoms in total. The first-order valence-electron chi connectivity index (χ1n) is 10.0. The van der Waals surface area contributed by atoms with Gasteiger partial charge in [-0.25, -0.2) is 8.42 Å². The van der Waals surface area contributed by atoms with E-state index in [4.69, 9.17) is 23.2 Å². The Balaban J connectivity index is 1.86. The lowest BCUT2D eigenvalue weighted by atomic mass is 10.1. The van der Waals surface area contributed by atoms with Crippen LogP contribution in [0.15, 0.2) is 71.6 Å². The molecule has 0 aliphatic carbocycles. The number of sulfonamides is 1. The van der Waals surface area contributed by atoms with E-state index in [9.17, 15) is 13.2 Å². The molecule has 0 fully saturated rings. The van der Waals surface area contributed by atoms with Crippen LogP contribution in [0.1, 0.15) is 16.7 Å². The summed E-state index contributed by atoms with van der Waals surface area (Å²) in [5, 5.41) is 3.08. The molecule has 32 heavy (non-hydrogen) atoms. The van der Waals surface area contributed by atoms with E-state index in [-0.39, 0.29) is 28.0 Å². The van der Waals surface area contributed by atoms with Crippen molar-refractivity contribution in [3.05, 3.63) is 93.5 Å². The Morgan fingerprint density at radius 1 is 0.938 bits per heavy atom. The summed E-state index contributed by atoms with van der Waals surface area (Å²) in [4.78, 5) is 12.7. The summed E-state index contributed by atoms with van der Waals surface area (Å²) in [5.74, 6) is -0.442. The average molecular weight is 491 g/mol. The fourth-order valence-corrected chi connectivity index (χ4v) is 5.31. The molecule has 0 aliphatic rings. The summed E-state index contributed by atoms with van der Waals surface area (Å²) in [6.45, 7) is 3.68. The van der Waals surface area contributed by atoms with Crippen LogP contribution in [0.3, 0.4) is 0 Å². The van der Waals surface area contributed by atoms with E-state index in [1.54, 1.807) is 6.07 Å².